The van der Waals surface area contributed by atoms with Gasteiger partial charge in [0.2, 0.25) is 0 Å². The highest BCUT2D eigenvalue weighted by Crippen LogP contribution is 2.20. The summed E-state index contributed by atoms with van der Waals surface area (Å²) in [6.45, 7) is 8.32. The molecule has 0 radical (unpaired) electrons. The molecule has 18 heavy (non-hydrogen) atoms. The maximum absolute atomic E-state index is 12.2. The van der Waals surface area contributed by atoms with Crippen LogP contribution in [-0.2, 0) is 0 Å². The van der Waals surface area contributed by atoms with Gasteiger partial charge < -0.3 is 5.11 Å². The highest BCUT2D eigenvalue weighted by Gasteiger charge is 2.12. The zero-order valence-electron chi connectivity index (χ0n) is 11.6. The van der Waals surface area contributed by atoms with Crippen LogP contribution in [0.15, 0.2) is 12.1 Å². The third kappa shape index (κ3) is 4.14. The molecular formula is C15H22O2S. The van der Waals surface area contributed by atoms with Gasteiger partial charge in [0.25, 0.3) is 0 Å². The van der Waals surface area contributed by atoms with Crippen LogP contribution in [0.4, 0.5) is 0 Å². The van der Waals surface area contributed by atoms with Crippen LogP contribution in [0.2, 0.25) is 0 Å². The fourth-order valence-corrected chi connectivity index (χ4v) is 2.69. The maximum atomic E-state index is 12.2. The number of carbonyl (C=O) groups is 1. The molecule has 1 aromatic carbocycles. The number of ketones is 1. The van der Waals surface area contributed by atoms with E-state index < -0.39 is 0 Å². The number of hydrogen-bond donors (Lipinski definition) is 1. The van der Waals surface area contributed by atoms with Crippen molar-refractivity contribution in [2.24, 2.45) is 0 Å². The fraction of sp³-hybridized carbons (Fsp3) is 0.533. The minimum Gasteiger partial charge on any atom is -0.396 e. The summed E-state index contributed by atoms with van der Waals surface area (Å²) >= 11 is 1.61. The number of hydrogen-bond acceptors (Lipinski definition) is 3. The Bertz CT molecular complexity index is 427. The van der Waals surface area contributed by atoms with Crippen LogP contribution in [0, 0.1) is 20.8 Å². The van der Waals surface area contributed by atoms with E-state index in [4.69, 9.17) is 5.11 Å². The molecule has 0 heterocycles. The number of rotatable bonds is 6. The lowest BCUT2D eigenvalue weighted by Gasteiger charge is -2.11. The number of aryl methyl sites for hydroxylation is 3. The van der Waals surface area contributed by atoms with E-state index in [2.05, 4.69) is 13.0 Å². The van der Waals surface area contributed by atoms with Gasteiger partial charge >= 0.3 is 0 Å². The average Bonchev–Trinajstić information content (AvgIpc) is 2.31. The SMILES string of the molecule is Cc1cc(C)c(C(=O)CSC(C)CCO)cc1C. The first-order valence-electron chi connectivity index (χ1n) is 6.29. The second-order valence-corrected chi connectivity index (χ2v) is 6.24. The van der Waals surface area contributed by atoms with Crippen molar-refractivity contribution < 1.29 is 9.90 Å². The molecular weight excluding hydrogens is 244 g/mol. The molecule has 1 atom stereocenters. The first kappa shape index (κ1) is 15.3. The minimum absolute atomic E-state index is 0.186. The zero-order chi connectivity index (χ0) is 13.7. The quantitative estimate of drug-likeness (QED) is 0.803. The van der Waals surface area contributed by atoms with Crippen LogP contribution in [0.3, 0.4) is 0 Å². The molecule has 0 spiro atoms. The van der Waals surface area contributed by atoms with E-state index in [9.17, 15) is 4.79 Å². The topological polar surface area (TPSA) is 37.3 Å². The van der Waals surface area contributed by atoms with Crippen LogP contribution in [0.5, 0.6) is 0 Å². The van der Waals surface area contributed by atoms with Crippen molar-refractivity contribution in [3.8, 4) is 0 Å². The minimum atomic E-state index is 0.186. The number of aliphatic hydroxyl groups excluding tert-OH is 1. The number of Topliss-reactive ketones (excluding diaryl/α,β-unsaturated/α-hetero) is 1. The molecule has 0 bridgehead atoms. The van der Waals surface area contributed by atoms with Crippen molar-refractivity contribution in [3.63, 3.8) is 0 Å². The van der Waals surface area contributed by atoms with Crippen LogP contribution < -0.4 is 0 Å². The van der Waals surface area contributed by atoms with E-state index in [-0.39, 0.29) is 12.4 Å². The van der Waals surface area contributed by atoms with Gasteiger partial charge in [0.1, 0.15) is 0 Å². The van der Waals surface area contributed by atoms with Crippen molar-refractivity contribution in [2.75, 3.05) is 12.4 Å². The molecule has 0 aliphatic rings. The molecule has 0 aliphatic carbocycles. The fourth-order valence-electron chi connectivity index (χ4n) is 1.82. The summed E-state index contributed by atoms with van der Waals surface area (Å²) in [4.78, 5) is 12.2. The highest BCUT2D eigenvalue weighted by atomic mass is 32.2. The van der Waals surface area contributed by atoms with Gasteiger partial charge in [-0.25, -0.2) is 0 Å². The number of thioether (sulfide) groups is 1. The summed E-state index contributed by atoms with van der Waals surface area (Å²) in [6, 6.07) is 4.06. The Hall–Kier alpha value is -0.800. The number of carbonyl (C=O) groups excluding carboxylic acids is 1. The van der Waals surface area contributed by atoms with E-state index in [1.807, 2.05) is 26.8 Å². The maximum Gasteiger partial charge on any atom is 0.173 e. The van der Waals surface area contributed by atoms with E-state index in [1.165, 1.54) is 5.56 Å². The van der Waals surface area contributed by atoms with Gasteiger partial charge in [-0.1, -0.05) is 13.0 Å². The predicted octanol–water partition coefficient (Wildman–Crippen LogP) is 3.30. The third-order valence-corrected chi connectivity index (χ3v) is 4.41. The summed E-state index contributed by atoms with van der Waals surface area (Å²) in [6.07, 6.45) is 0.740. The van der Waals surface area contributed by atoms with Crippen molar-refractivity contribution in [1.29, 1.82) is 0 Å². The lowest BCUT2D eigenvalue weighted by molar-refractivity contribution is 0.102. The number of aliphatic hydroxyl groups is 1. The van der Waals surface area contributed by atoms with Gasteiger partial charge in [0.15, 0.2) is 5.78 Å². The Morgan fingerprint density at radius 3 is 2.44 bits per heavy atom. The molecule has 0 amide bonds. The van der Waals surface area contributed by atoms with E-state index in [0.29, 0.717) is 11.0 Å². The van der Waals surface area contributed by atoms with E-state index in [0.717, 1.165) is 23.1 Å². The lowest BCUT2D eigenvalue weighted by Crippen LogP contribution is -2.09. The van der Waals surface area contributed by atoms with Crippen LogP contribution in [0.25, 0.3) is 0 Å². The molecule has 1 N–H and O–H groups in total. The Balaban J connectivity index is 2.70. The van der Waals surface area contributed by atoms with E-state index >= 15 is 0 Å². The monoisotopic (exact) mass is 266 g/mol. The van der Waals surface area contributed by atoms with Crippen LogP contribution in [0.1, 0.15) is 40.4 Å². The first-order valence-corrected chi connectivity index (χ1v) is 7.34. The van der Waals surface area contributed by atoms with Gasteiger partial charge in [-0.05, 0) is 49.9 Å². The lowest BCUT2D eigenvalue weighted by atomic mass is 9.99. The largest absolute Gasteiger partial charge is 0.396 e. The summed E-state index contributed by atoms with van der Waals surface area (Å²) < 4.78 is 0. The summed E-state index contributed by atoms with van der Waals surface area (Å²) in [7, 11) is 0. The molecule has 0 aliphatic heterocycles. The van der Waals surface area contributed by atoms with Gasteiger partial charge in [-0.3, -0.25) is 4.79 Å². The summed E-state index contributed by atoms with van der Waals surface area (Å²) in [5, 5.41) is 9.16. The molecule has 1 rings (SSSR count). The molecule has 1 aromatic rings. The number of benzene rings is 1. The van der Waals surface area contributed by atoms with Gasteiger partial charge in [0, 0.05) is 17.4 Å². The molecule has 0 aromatic heterocycles. The Morgan fingerprint density at radius 2 is 1.83 bits per heavy atom. The molecule has 100 valence electrons. The van der Waals surface area contributed by atoms with E-state index in [1.54, 1.807) is 11.8 Å². The summed E-state index contributed by atoms with van der Waals surface area (Å²) in [5.74, 6) is 0.676. The van der Waals surface area contributed by atoms with Gasteiger partial charge in [-0.2, -0.15) is 11.8 Å². The van der Waals surface area contributed by atoms with Crippen molar-refractivity contribution in [3.05, 3.63) is 34.4 Å². The zero-order valence-corrected chi connectivity index (χ0v) is 12.4. The second-order valence-electron chi connectivity index (χ2n) is 4.81. The van der Waals surface area contributed by atoms with Crippen molar-refractivity contribution in [1.82, 2.24) is 0 Å². The Labute approximate surface area is 114 Å². The predicted molar refractivity (Wildman–Crippen MR) is 78.6 cm³/mol. The Morgan fingerprint density at radius 1 is 1.22 bits per heavy atom. The molecule has 2 nitrogen and oxygen atoms in total. The standard InChI is InChI=1S/C15H22O2S/c1-10-7-12(3)14(8-11(10)2)15(17)9-18-13(4)5-6-16/h7-8,13,16H,5-6,9H2,1-4H3. The molecule has 0 saturated heterocycles. The average molecular weight is 266 g/mol. The van der Waals surface area contributed by atoms with Crippen molar-refractivity contribution >= 4 is 17.5 Å². The van der Waals surface area contributed by atoms with Crippen molar-refractivity contribution in [2.45, 2.75) is 39.4 Å². The van der Waals surface area contributed by atoms with Crippen LogP contribution in [-0.4, -0.2) is 28.5 Å². The molecule has 3 heteroatoms. The highest BCUT2D eigenvalue weighted by molar-refractivity contribution is 8.00. The second kappa shape index (κ2) is 6.95. The molecule has 0 saturated carbocycles. The smallest absolute Gasteiger partial charge is 0.173 e. The van der Waals surface area contributed by atoms with Gasteiger partial charge in [0.05, 0.1) is 5.75 Å². The third-order valence-electron chi connectivity index (χ3n) is 3.18. The normalized spacial score (nSPS) is 12.5. The van der Waals surface area contributed by atoms with Gasteiger partial charge in [-0.15, -0.1) is 0 Å². The molecule has 0 fully saturated rings. The Kier molecular flexibility index (Phi) is 5.89. The molecule has 1 unspecified atom stereocenters. The first-order chi connectivity index (χ1) is 8.45. The summed E-state index contributed by atoms with van der Waals surface area (Å²) in [5.41, 5.74) is 4.28. The van der Waals surface area contributed by atoms with Crippen LogP contribution >= 0.6 is 11.8 Å².